The van der Waals surface area contributed by atoms with Crippen molar-refractivity contribution < 1.29 is 13.2 Å². The molecule has 1 aromatic heterocycles. The summed E-state index contributed by atoms with van der Waals surface area (Å²) in [5, 5.41) is 4.12. The quantitative estimate of drug-likeness (QED) is 0.607. The van der Waals surface area contributed by atoms with Crippen molar-refractivity contribution in [2.45, 2.75) is 30.7 Å². The van der Waals surface area contributed by atoms with E-state index in [9.17, 15) is 13.2 Å². The molecule has 1 N–H and O–H groups in total. The Kier molecular flexibility index (Phi) is 5.69. The highest BCUT2D eigenvalue weighted by Gasteiger charge is 2.27. The molecule has 152 valence electrons. The van der Waals surface area contributed by atoms with Crippen LogP contribution < -0.4 is 5.32 Å². The van der Waals surface area contributed by atoms with Crippen molar-refractivity contribution in [1.82, 2.24) is 14.2 Å². The summed E-state index contributed by atoms with van der Waals surface area (Å²) < 4.78 is 28.8. The Bertz CT molecular complexity index is 1100. The molecule has 1 amide bonds. The number of fused-ring (bicyclic) bond motifs is 1. The van der Waals surface area contributed by atoms with E-state index in [2.05, 4.69) is 34.3 Å². The van der Waals surface area contributed by atoms with E-state index in [4.69, 9.17) is 0 Å². The van der Waals surface area contributed by atoms with Gasteiger partial charge in [-0.1, -0.05) is 18.2 Å². The molecule has 6 nitrogen and oxygen atoms in total. The predicted molar refractivity (Wildman–Crippen MR) is 113 cm³/mol. The molecule has 0 bridgehead atoms. The van der Waals surface area contributed by atoms with E-state index in [1.54, 1.807) is 12.1 Å². The fraction of sp³-hybridized carbons (Fsp3) is 0.318. The van der Waals surface area contributed by atoms with Crippen molar-refractivity contribution in [3.05, 3.63) is 66.4 Å². The van der Waals surface area contributed by atoms with Gasteiger partial charge in [0.05, 0.1) is 4.90 Å². The third-order valence-corrected chi connectivity index (χ3v) is 7.27. The van der Waals surface area contributed by atoms with E-state index >= 15 is 0 Å². The maximum absolute atomic E-state index is 12.6. The van der Waals surface area contributed by atoms with Crippen molar-refractivity contribution in [1.29, 1.82) is 0 Å². The Hall–Kier alpha value is -2.64. The summed E-state index contributed by atoms with van der Waals surface area (Å²) in [7, 11) is -3.45. The van der Waals surface area contributed by atoms with Gasteiger partial charge < -0.3 is 9.88 Å². The zero-order valence-electron chi connectivity index (χ0n) is 16.3. The lowest BCUT2D eigenvalue weighted by molar-refractivity contribution is 0.0952. The topological polar surface area (TPSA) is 71.4 Å². The largest absolute Gasteiger partial charge is 0.352 e. The van der Waals surface area contributed by atoms with Gasteiger partial charge >= 0.3 is 0 Å². The Labute approximate surface area is 171 Å². The first-order valence-electron chi connectivity index (χ1n) is 9.98. The Morgan fingerprint density at radius 1 is 0.966 bits per heavy atom. The van der Waals surface area contributed by atoms with Crippen molar-refractivity contribution in [3.8, 4) is 0 Å². The lowest BCUT2D eigenvalue weighted by Gasteiger charge is -2.15. The van der Waals surface area contributed by atoms with Gasteiger partial charge in [-0.25, -0.2) is 8.42 Å². The van der Waals surface area contributed by atoms with Crippen LogP contribution in [0, 0.1) is 0 Å². The highest BCUT2D eigenvalue weighted by Crippen LogP contribution is 2.21. The molecule has 1 fully saturated rings. The second-order valence-electron chi connectivity index (χ2n) is 7.31. The smallest absolute Gasteiger partial charge is 0.251 e. The standard InChI is InChI=1S/C22H25N3O3S/c26-22(23-13-5-14-24-17-12-18-6-1-2-7-21(18)24)19-8-10-20(11-9-19)29(27,28)25-15-3-4-16-25/h1-2,6-12,17H,3-5,13-16H2,(H,23,26). The first-order chi connectivity index (χ1) is 14.1. The molecule has 0 saturated carbocycles. The monoisotopic (exact) mass is 411 g/mol. The molecule has 4 rings (SSSR count). The van der Waals surface area contributed by atoms with Gasteiger partial charge in [0.2, 0.25) is 10.0 Å². The summed E-state index contributed by atoms with van der Waals surface area (Å²) in [4.78, 5) is 12.6. The van der Waals surface area contributed by atoms with Gasteiger partial charge in [-0.15, -0.1) is 0 Å². The van der Waals surface area contributed by atoms with Crippen LogP contribution in [0.2, 0.25) is 0 Å². The van der Waals surface area contributed by atoms with Crippen LogP contribution in [-0.2, 0) is 16.6 Å². The summed E-state index contributed by atoms with van der Waals surface area (Å²) in [5.41, 5.74) is 1.66. The van der Waals surface area contributed by atoms with Crippen LogP contribution in [0.25, 0.3) is 10.9 Å². The van der Waals surface area contributed by atoms with Gasteiger partial charge in [0.15, 0.2) is 0 Å². The van der Waals surface area contributed by atoms with Crippen LogP contribution in [-0.4, -0.2) is 42.8 Å². The van der Waals surface area contributed by atoms with Crippen molar-refractivity contribution in [2.75, 3.05) is 19.6 Å². The number of nitrogens with zero attached hydrogens (tertiary/aromatic N) is 2. The average Bonchev–Trinajstić information content (AvgIpc) is 3.42. The summed E-state index contributed by atoms with van der Waals surface area (Å²) in [6.07, 6.45) is 4.68. The molecule has 2 heterocycles. The predicted octanol–water partition coefficient (Wildman–Crippen LogP) is 3.25. The number of amides is 1. The maximum Gasteiger partial charge on any atom is 0.251 e. The number of aromatic nitrogens is 1. The van der Waals surface area contributed by atoms with Gasteiger partial charge in [0.25, 0.3) is 5.91 Å². The number of para-hydroxylation sites is 1. The number of nitrogens with one attached hydrogen (secondary N) is 1. The fourth-order valence-corrected chi connectivity index (χ4v) is 5.26. The average molecular weight is 412 g/mol. The van der Waals surface area contributed by atoms with E-state index in [-0.39, 0.29) is 10.8 Å². The zero-order chi connectivity index (χ0) is 20.3. The Morgan fingerprint density at radius 3 is 2.45 bits per heavy atom. The van der Waals surface area contributed by atoms with E-state index in [0.717, 1.165) is 25.8 Å². The first kappa shape index (κ1) is 19.7. The van der Waals surface area contributed by atoms with Gasteiger partial charge in [0, 0.05) is 43.5 Å². The van der Waals surface area contributed by atoms with Crippen molar-refractivity contribution in [3.63, 3.8) is 0 Å². The Morgan fingerprint density at radius 2 is 1.69 bits per heavy atom. The third-order valence-electron chi connectivity index (χ3n) is 5.36. The summed E-state index contributed by atoms with van der Waals surface area (Å²) >= 11 is 0. The number of carbonyl (C=O) groups excluding carboxylic acids is 1. The molecule has 0 radical (unpaired) electrons. The van der Waals surface area contributed by atoms with Crippen LogP contribution in [0.15, 0.2) is 65.7 Å². The number of aryl methyl sites for hydroxylation is 1. The second-order valence-corrected chi connectivity index (χ2v) is 9.25. The fourth-order valence-electron chi connectivity index (χ4n) is 3.74. The van der Waals surface area contributed by atoms with Gasteiger partial charge in [-0.05, 0) is 61.0 Å². The number of sulfonamides is 1. The maximum atomic E-state index is 12.6. The summed E-state index contributed by atoms with van der Waals surface area (Å²) in [6, 6.07) is 16.5. The zero-order valence-corrected chi connectivity index (χ0v) is 17.1. The minimum atomic E-state index is -3.45. The molecule has 7 heteroatoms. The Balaban J connectivity index is 1.30. The minimum absolute atomic E-state index is 0.188. The summed E-state index contributed by atoms with van der Waals surface area (Å²) in [5.74, 6) is -0.188. The normalized spacial score (nSPS) is 15.0. The van der Waals surface area contributed by atoms with Crippen LogP contribution >= 0.6 is 0 Å². The van der Waals surface area contributed by atoms with E-state index in [1.165, 1.54) is 27.3 Å². The van der Waals surface area contributed by atoms with E-state index in [1.807, 2.05) is 12.1 Å². The van der Waals surface area contributed by atoms with Gasteiger partial charge in [0.1, 0.15) is 0 Å². The molecule has 0 atom stereocenters. The number of rotatable bonds is 7. The van der Waals surface area contributed by atoms with Crippen LogP contribution in [0.3, 0.4) is 0 Å². The highest BCUT2D eigenvalue weighted by molar-refractivity contribution is 7.89. The van der Waals surface area contributed by atoms with E-state index in [0.29, 0.717) is 25.2 Å². The molecule has 1 aliphatic rings. The van der Waals surface area contributed by atoms with Crippen LogP contribution in [0.5, 0.6) is 0 Å². The third kappa shape index (κ3) is 4.21. The minimum Gasteiger partial charge on any atom is -0.352 e. The van der Waals surface area contributed by atoms with Gasteiger partial charge in [-0.3, -0.25) is 4.79 Å². The molecular weight excluding hydrogens is 386 g/mol. The van der Waals surface area contributed by atoms with Crippen molar-refractivity contribution in [2.24, 2.45) is 0 Å². The number of benzene rings is 2. The molecule has 3 aromatic rings. The second kappa shape index (κ2) is 8.39. The molecule has 29 heavy (non-hydrogen) atoms. The molecule has 2 aromatic carbocycles. The highest BCUT2D eigenvalue weighted by atomic mass is 32.2. The molecule has 1 saturated heterocycles. The number of hydrogen-bond donors (Lipinski definition) is 1. The molecule has 0 aliphatic carbocycles. The molecule has 0 unspecified atom stereocenters. The summed E-state index contributed by atoms with van der Waals surface area (Å²) in [6.45, 7) is 2.52. The number of carbonyl (C=O) groups is 1. The lowest BCUT2D eigenvalue weighted by atomic mass is 10.2. The van der Waals surface area contributed by atoms with Gasteiger partial charge in [-0.2, -0.15) is 4.31 Å². The lowest BCUT2D eigenvalue weighted by Crippen LogP contribution is -2.28. The SMILES string of the molecule is O=C(NCCCn1ccc2ccccc21)c1ccc(S(=O)(=O)N2CCCC2)cc1. The first-order valence-corrected chi connectivity index (χ1v) is 11.4. The molecule has 0 spiro atoms. The number of hydrogen-bond acceptors (Lipinski definition) is 3. The van der Waals surface area contributed by atoms with Crippen LogP contribution in [0.4, 0.5) is 0 Å². The molecule has 1 aliphatic heterocycles. The van der Waals surface area contributed by atoms with E-state index < -0.39 is 10.0 Å². The molecular formula is C22H25N3O3S. The van der Waals surface area contributed by atoms with Crippen molar-refractivity contribution >= 4 is 26.8 Å². The van der Waals surface area contributed by atoms with Crippen LogP contribution in [0.1, 0.15) is 29.6 Å².